The number of aryl methyl sites for hydroxylation is 1. The van der Waals surface area contributed by atoms with Crippen LogP contribution in [0.3, 0.4) is 0 Å². The molecule has 0 radical (unpaired) electrons. The second-order valence-electron chi connectivity index (χ2n) is 6.89. The van der Waals surface area contributed by atoms with E-state index in [2.05, 4.69) is 4.98 Å². The number of aromatic amines is 1. The molecule has 5 heteroatoms. The Balaban J connectivity index is 1.57. The molecular formula is C24H22N2O3. The maximum absolute atomic E-state index is 12.2. The van der Waals surface area contributed by atoms with Crippen molar-refractivity contribution < 1.29 is 9.53 Å². The van der Waals surface area contributed by atoms with Gasteiger partial charge in [0.2, 0.25) is 0 Å². The first-order valence-corrected chi connectivity index (χ1v) is 9.42. The molecule has 3 rings (SSSR count). The van der Waals surface area contributed by atoms with Gasteiger partial charge in [-0.15, -0.1) is 0 Å². The van der Waals surface area contributed by atoms with E-state index in [4.69, 9.17) is 10.00 Å². The third kappa shape index (κ3) is 4.80. The second-order valence-corrected chi connectivity index (χ2v) is 6.89. The van der Waals surface area contributed by atoms with E-state index in [-0.39, 0.29) is 24.6 Å². The van der Waals surface area contributed by atoms with Gasteiger partial charge in [0.05, 0.1) is 0 Å². The number of H-pyrrole nitrogens is 1. The molecule has 0 saturated carbocycles. The minimum Gasteiger partial charge on any atom is -0.461 e. The molecule has 29 heavy (non-hydrogen) atoms. The van der Waals surface area contributed by atoms with Crippen molar-refractivity contribution in [3.8, 4) is 17.2 Å². The molecule has 2 aromatic carbocycles. The Morgan fingerprint density at radius 2 is 1.69 bits per heavy atom. The molecule has 1 heterocycles. The number of nitriles is 1. The molecule has 5 nitrogen and oxygen atoms in total. The van der Waals surface area contributed by atoms with Crippen LogP contribution in [0, 0.1) is 25.2 Å². The van der Waals surface area contributed by atoms with Crippen molar-refractivity contribution in [1.82, 2.24) is 4.98 Å². The predicted octanol–water partition coefficient (Wildman–Crippen LogP) is 4.21. The summed E-state index contributed by atoms with van der Waals surface area (Å²) >= 11 is 0. The standard InChI is InChI=1S/C24H22N2O3/c1-16-21(17(2)26-24(28)22(16)14-25)12-13-23(27)29-15-18-8-10-20(11-9-18)19-6-4-3-5-7-19/h3-11H,12-13,15H2,1-2H3,(H,26,28). The Morgan fingerprint density at radius 3 is 2.34 bits per heavy atom. The quantitative estimate of drug-likeness (QED) is 0.644. The van der Waals surface area contributed by atoms with Crippen molar-refractivity contribution in [2.24, 2.45) is 0 Å². The summed E-state index contributed by atoms with van der Waals surface area (Å²) in [4.78, 5) is 26.6. The molecule has 1 aromatic heterocycles. The number of esters is 1. The van der Waals surface area contributed by atoms with Gasteiger partial charge in [-0.3, -0.25) is 9.59 Å². The van der Waals surface area contributed by atoms with Crippen LogP contribution in [0.25, 0.3) is 11.1 Å². The maximum Gasteiger partial charge on any atom is 0.306 e. The predicted molar refractivity (Wildman–Crippen MR) is 111 cm³/mol. The van der Waals surface area contributed by atoms with Gasteiger partial charge in [-0.25, -0.2) is 0 Å². The highest BCUT2D eigenvalue weighted by Gasteiger charge is 2.14. The summed E-state index contributed by atoms with van der Waals surface area (Å²) in [6, 6.07) is 19.9. The number of nitrogens with zero attached hydrogens (tertiary/aromatic N) is 1. The smallest absolute Gasteiger partial charge is 0.306 e. The van der Waals surface area contributed by atoms with E-state index in [1.165, 1.54) is 0 Å². The number of hydrogen-bond donors (Lipinski definition) is 1. The minimum atomic E-state index is -0.396. The van der Waals surface area contributed by atoms with Gasteiger partial charge < -0.3 is 9.72 Å². The Hall–Kier alpha value is -3.65. The SMILES string of the molecule is Cc1[nH]c(=O)c(C#N)c(C)c1CCC(=O)OCc1ccc(-c2ccccc2)cc1. The zero-order valence-corrected chi connectivity index (χ0v) is 16.5. The maximum atomic E-state index is 12.2. The number of pyridine rings is 1. The Morgan fingerprint density at radius 1 is 1.03 bits per heavy atom. The summed E-state index contributed by atoms with van der Waals surface area (Å²) in [7, 11) is 0. The fourth-order valence-electron chi connectivity index (χ4n) is 3.31. The van der Waals surface area contributed by atoms with Crippen LogP contribution in [-0.4, -0.2) is 11.0 Å². The van der Waals surface area contributed by atoms with Crippen molar-refractivity contribution in [3.05, 3.63) is 92.9 Å². The first-order chi connectivity index (χ1) is 14.0. The third-order valence-corrected chi connectivity index (χ3v) is 4.96. The summed E-state index contributed by atoms with van der Waals surface area (Å²) in [5.41, 5.74) is 4.98. The molecule has 0 amide bonds. The van der Waals surface area contributed by atoms with Crippen molar-refractivity contribution in [2.75, 3.05) is 0 Å². The Bertz CT molecular complexity index is 1110. The number of ether oxygens (including phenoxy) is 1. The zero-order valence-electron chi connectivity index (χ0n) is 16.5. The molecule has 0 spiro atoms. The highest BCUT2D eigenvalue weighted by atomic mass is 16.5. The van der Waals surface area contributed by atoms with E-state index in [0.717, 1.165) is 22.3 Å². The second kappa shape index (κ2) is 9.03. The Kier molecular flexibility index (Phi) is 6.25. The summed E-state index contributed by atoms with van der Waals surface area (Å²) < 4.78 is 5.38. The number of benzene rings is 2. The van der Waals surface area contributed by atoms with Gasteiger partial charge in [0.1, 0.15) is 18.2 Å². The van der Waals surface area contributed by atoms with Crippen LogP contribution in [0.4, 0.5) is 0 Å². The lowest BCUT2D eigenvalue weighted by Crippen LogP contribution is -2.17. The van der Waals surface area contributed by atoms with Crippen molar-refractivity contribution in [3.63, 3.8) is 0 Å². The zero-order chi connectivity index (χ0) is 20.8. The number of carbonyl (C=O) groups excluding carboxylic acids is 1. The molecule has 0 bridgehead atoms. The van der Waals surface area contributed by atoms with Crippen LogP contribution in [-0.2, 0) is 22.6 Å². The van der Waals surface area contributed by atoms with Crippen molar-refractivity contribution in [2.45, 2.75) is 33.3 Å². The third-order valence-electron chi connectivity index (χ3n) is 4.96. The first kappa shape index (κ1) is 20.1. The number of carbonyl (C=O) groups is 1. The van der Waals surface area contributed by atoms with Crippen LogP contribution in [0.5, 0.6) is 0 Å². The van der Waals surface area contributed by atoms with E-state index >= 15 is 0 Å². The highest BCUT2D eigenvalue weighted by Crippen LogP contribution is 2.20. The lowest BCUT2D eigenvalue weighted by atomic mass is 9.99. The molecule has 1 N–H and O–H groups in total. The van der Waals surface area contributed by atoms with E-state index in [9.17, 15) is 9.59 Å². The van der Waals surface area contributed by atoms with Gasteiger partial charge in [-0.2, -0.15) is 5.26 Å². The average Bonchev–Trinajstić information content (AvgIpc) is 2.73. The molecule has 3 aromatic rings. The largest absolute Gasteiger partial charge is 0.461 e. The lowest BCUT2D eigenvalue weighted by Gasteiger charge is -2.11. The molecule has 0 aliphatic heterocycles. The minimum absolute atomic E-state index is 0.0949. The van der Waals surface area contributed by atoms with E-state index in [1.807, 2.05) is 60.7 Å². The van der Waals surface area contributed by atoms with Gasteiger partial charge in [-0.05, 0) is 48.1 Å². The summed E-state index contributed by atoms with van der Waals surface area (Å²) in [6.45, 7) is 3.71. The molecular weight excluding hydrogens is 364 g/mol. The van der Waals surface area contributed by atoms with Gasteiger partial charge >= 0.3 is 5.97 Å². The van der Waals surface area contributed by atoms with Gasteiger partial charge in [-0.1, -0.05) is 54.6 Å². The molecule has 0 fully saturated rings. The highest BCUT2D eigenvalue weighted by molar-refractivity contribution is 5.70. The monoisotopic (exact) mass is 386 g/mol. The van der Waals surface area contributed by atoms with E-state index in [1.54, 1.807) is 13.8 Å². The molecule has 146 valence electrons. The summed E-state index contributed by atoms with van der Waals surface area (Å²) in [5, 5.41) is 9.13. The van der Waals surface area contributed by atoms with Crippen molar-refractivity contribution >= 4 is 5.97 Å². The van der Waals surface area contributed by atoms with Crippen LogP contribution in [0.15, 0.2) is 59.4 Å². The number of nitrogens with one attached hydrogen (secondary N) is 1. The summed E-state index contributed by atoms with van der Waals surface area (Å²) in [5.74, 6) is -0.319. The van der Waals surface area contributed by atoms with Crippen LogP contribution >= 0.6 is 0 Å². The van der Waals surface area contributed by atoms with Crippen LogP contribution < -0.4 is 5.56 Å². The molecule has 0 unspecified atom stereocenters. The van der Waals surface area contributed by atoms with Gasteiger partial charge in [0, 0.05) is 12.1 Å². The fourth-order valence-corrected chi connectivity index (χ4v) is 3.31. The van der Waals surface area contributed by atoms with E-state index in [0.29, 0.717) is 17.7 Å². The number of aromatic nitrogens is 1. The number of rotatable bonds is 6. The topological polar surface area (TPSA) is 83.0 Å². The average molecular weight is 386 g/mol. The Labute approximate surface area is 169 Å². The molecule has 0 saturated heterocycles. The molecule has 0 atom stereocenters. The normalized spacial score (nSPS) is 10.4. The number of hydrogen-bond acceptors (Lipinski definition) is 4. The van der Waals surface area contributed by atoms with E-state index < -0.39 is 5.56 Å². The van der Waals surface area contributed by atoms with Gasteiger partial charge in [0.15, 0.2) is 0 Å². The molecule has 0 aliphatic carbocycles. The van der Waals surface area contributed by atoms with Crippen LogP contribution in [0.2, 0.25) is 0 Å². The van der Waals surface area contributed by atoms with Crippen molar-refractivity contribution in [1.29, 1.82) is 5.26 Å². The lowest BCUT2D eigenvalue weighted by molar-refractivity contribution is -0.144. The fraction of sp³-hybridized carbons (Fsp3) is 0.208. The van der Waals surface area contributed by atoms with Crippen LogP contribution in [0.1, 0.15) is 34.4 Å². The van der Waals surface area contributed by atoms with Gasteiger partial charge in [0.25, 0.3) is 5.56 Å². The first-order valence-electron chi connectivity index (χ1n) is 9.42. The molecule has 0 aliphatic rings. The summed E-state index contributed by atoms with van der Waals surface area (Å²) in [6.07, 6.45) is 0.593.